The van der Waals surface area contributed by atoms with Crippen LogP contribution in [0.15, 0.2) is 0 Å². The molecule has 0 aromatic rings. The van der Waals surface area contributed by atoms with Gasteiger partial charge in [0.15, 0.2) is 0 Å². The molecular formula is C9H17NO2. The van der Waals surface area contributed by atoms with Crippen molar-refractivity contribution in [2.24, 2.45) is 0 Å². The predicted molar refractivity (Wildman–Crippen MR) is 48.9 cm³/mol. The molecule has 0 rings (SSSR count). The zero-order valence-electron chi connectivity index (χ0n) is 7.84. The molecule has 1 N–H and O–H groups in total. The maximum absolute atomic E-state index is 8.70. The van der Waals surface area contributed by atoms with Gasteiger partial charge in [-0.15, -0.1) is 5.92 Å². The van der Waals surface area contributed by atoms with E-state index in [1.165, 1.54) is 0 Å². The van der Waals surface area contributed by atoms with Gasteiger partial charge < -0.3 is 9.84 Å². The first-order chi connectivity index (χ1) is 5.85. The number of hydrogen-bond donors (Lipinski definition) is 1. The first-order valence-electron chi connectivity index (χ1n) is 4.07. The van der Waals surface area contributed by atoms with Crippen LogP contribution in [-0.4, -0.2) is 50.0 Å². The Morgan fingerprint density at radius 3 is 2.67 bits per heavy atom. The van der Waals surface area contributed by atoms with Crippen molar-refractivity contribution in [1.82, 2.24) is 4.90 Å². The van der Waals surface area contributed by atoms with Gasteiger partial charge in [0.05, 0.1) is 19.8 Å². The van der Waals surface area contributed by atoms with Crippen molar-refractivity contribution in [2.75, 3.05) is 40.0 Å². The lowest BCUT2D eigenvalue weighted by Crippen LogP contribution is -2.30. The average molecular weight is 171 g/mol. The smallest absolute Gasteiger partial charge is 0.0603 e. The molecule has 0 aromatic heterocycles. The summed E-state index contributed by atoms with van der Waals surface area (Å²) in [4.78, 5) is 2.06. The Morgan fingerprint density at radius 1 is 1.42 bits per heavy atom. The Balaban J connectivity index is 3.58. The minimum atomic E-state index is 0.176. The summed E-state index contributed by atoms with van der Waals surface area (Å²) < 4.78 is 4.93. The third-order valence-corrected chi connectivity index (χ3v) is 1.51. The summed E-state index contributed by atoms with van der Waals surface area (Å²) in [5.74, 6) is 5.77. The third-order valence-electron chi connectivity index (χ3n) is 1.51. The van der Waals surface area contributed by atoms with Gasteiger partial charge in [0, 0.05) is 20.2 Å². The van der Waals surface area contributed by atoms with Crippen LogP contribution in [0, 0.1) is 11.8 Å². The largest absolute Gasteiger partial charge is 0.395 e. The first-order valence-corrected chi connectivity index (χ1v) is 4.07. The highest BCUT2D eigenvalue weighted by Crippen LogP contribution is 1.86. The molecule has 0 amide bonds. The van der Waals surface area contributed by atoms with Gasteiger partial charge in [-0.05, 0) is 6.92 Å². The van der Waals surface area contributed by atoms with E-state index in [9.17, 15) is 0 Å². The fourth-order valence-corrected chi connectivity index (χ4v) is 0.823. The maximum atomic E-state index is 8.70. The number of nitrogens with zero attached hydrogens (tertiary/aromatic N) is 1. The number of ether oxygens (including phenoxy) is 1. The highest BCUT2D eigenvalue weighted by molar-refractivity contribution is 4.97. The molecule has 70 valence electrons. The van der Waals surface area contributed by atoms with Gasteiger partial charge in [0.2, 0.25) is 0 Å². The molecule has 0 heterocycles. The second-order valence-electron chi connectivity index (χ2n) is 2.42. The lowest BCUT2D eigenvalue weighted by Gasteiger charge is -2.17. The number of methoxy groups -OCH3 is 1. The van der Waals surface area contributed by atoms with Gasteiger partial charge in [-0.1, -0.05) is 5.92 Å². The summed E-state index contributed by atoms with van der Waals surface area (Å²) >= 11 is 0. The van der Waals surface area contributed by atoms with Gasteiger partial charge in [0.1, 0.15) is 0 Å². The molecule has 0 fully saturated rings. The van der Waals surface area contributed by atoms with E-state index in [0.717, 1.165) is 6.54 Å². The minimum absolute atomic E-state index is 0.176. The van der Waals surface area contributed by atoms with E-state index in [1.807, 2.05) is 6.92 Å². The van der Waals surface area contributed by atoms with Gasteiger partial charge in [-0.2, -0.15) is 0 Å². The Labute approximate surface area is 74.3 Å². The minimum Gasteiger partial charge on any atom is -0.395 e. The molecular weight excluding hydrogens is 154 g/mol. The van der Waals surface area contributed by atoms with Crippen LogP contribution < -0.4 is 0 Å². The second kappa shape index (κ2) is 8.54. The van der Waals surface area contributed by atoms with Gasteiger partial charge in [0.25, 0.3) is 0 Å². The van der Waals surface area contributed by atoms with E-state index in [2.05, 4.69) is 16.7 Å². The molecule has 0 bridgehead atoms. The van der Waals surface area contributed by atoms with E-state index in [1.54, 1.807) is 7.11 Å². The van der Waals surface area contributed by atoms with Crippen molar-refractivity contribution in [3.63, 3.8) is 0 Å². The van der Waals surface area contributed by atoms with Crippen molar-refractivity contribution >= 4 is 0 Å². The molecule has 0 aliphatic heterocycles. The van der Waals surface area contributed by atoms with Crippen LogP contribution in [0.1, 0.15) is 6.92 Å². The molecule has 0 unspecified atom stereocenters. The standard InChI is InChI=1S/C9H17NO2/c1-3-4-5-10(6-8-11)7-9-12-2/h11H,5-9H2,1-2H3. The average Bonchev–Trinajstić information content (AvgIpc) is 2.10. The Hall–Kier alpha value is -0.560. The summed E-state index contributed by atoms with van der Waals surface area (Å²) in [7, 11) is 1.67. The lowest BCUT2D eigenvalue weighted by atomic mass is 10.4. The van der Waals surface area contributed by atoms with Gasteiger partial charge in [-0.3, -0.25) is 4.90 Å². The molecule has 0 radical (unpaired) electrons. The summed E-state index contributed by atoms with van der Waals surface area (Å²) in [6, 6.07) is 0. The van der Waals surface area contributed by atoms with Crippen molar-refractivity contribution in [1.29, 1.82) is 0 Å². The van der Waals surface area contributed by atoms with Crippen molar-refractivity contribution in [2.45, 2.75) is 6.92 Å². The van der Waals surface area contributed by atoms with Crippen LogP contribution in [0.2, 0.25) is 0 Å². The second-order valence-corrected chi connectivity index (χ2v) is 2.42. The predicted octanol–water partition coefficient (Wildman–Crippen LogP) is -0.0496. The molecule has 3 heteroatoms. The van der Waals surface area contributed by atoms with E-state index in [-0.39, 0.29) is 6.61 Å². The molecule has 12 heavy (non-hydrogen) atoms. The highest BCUT2D eigenvalue weighted by Gasteiger charge is 2.00. The van der Waals surface area contributed by atoms with E-state index < -0.39 is 0 Å². The molecule has 0 saturated carbocycles. The van der Waals surface area contributed by atoms with Crippen molar-refractivity contribution < 1.29 is 9.84 Å². The highest BCUT2D eigenvalue weighted by atomic mass is 16.5. The molecule has 0 spiro atoms. The quantitative estimate of drug-likeness (QED) is 0.569. The van der Waals surface area contributed by atoms with E-state index in [0.29, 0.717) is 19.7 Å². The fraction of sp³-hybridized carbons (Fsp3) is 0.778. The van der Waals surface area contributed by atoms with Crippen LogP contribution in [0.3, 0.4) is 0 Å². The fourth-order valence-electron chi connectivity index (χ4n) is 0.823. The number of aliphatic hydroxyl groups is 1. The van der Waals surface area contributed by atoms with E-state index in [4.69, 9.17) is 9.84 Å². The topological polar surface area (TPSA) is 32.7 Å². The zero-order valence-corrected chi connectivity index (χ0v) is 7.84. The number of hydrogen-bond acceptors (Lipinski definition) is 3. The maximum Gasteiger partial charge on any atom is 0.0603 e. The monoisotopic (exact) mass is 171 g/mol. The van der Waals surface area contributed by atoms with Crippen LogP contribution in [0.4, 0.5) is 0 Å². The summed E-state index contributed by atoms with van der Waals surface area (Å²) in [6.45, 7) is 4.87. The van der Waals surface area contributed by atoms with Crippen LogP contribution in [0.25, 0.3) is 0 Å². The van der Waals surface area contributed by atoms with Crippen molar-refractivity contribution in [3.8, 4) is 11.8 Å². The zero-order chi connectivity index (χ0) is 9.23. The molecule has 0 atom stereocenters. The van der Waals surface area contributed by atoms with Crippen LogP contribution >= 0.6 is 0 Å². The molecule has 3 nitrogen and oxygen atoms in total. The third kappa shape index (κ3) is 6.17. The lowest BCUT2D eigenvalue weighted by molar-refractivity contribution is 0.139. The van der Waals surface area contributed by atoms with Crippen LogP contribution in [0.5, 0.6) is 0 Å². The van der Waals surface area contributed by atoms with E-state index >= 15 is 0 Å². The van der Waals surface area contributed by atoms with Crippen LogP contribution in [-0.2, 0) is 4.74 Å². The normalized spacial score (nSPS) is 9.67. The summed E-state index contributed by atoms with van der Waals surface area (Å²) in [5.41, 5.74) is 0. The summed E-state index contributed by atoms with van der Waals surface area (Å²) in [6.07, 6.45) is 0. The summed E-state index contributed by atoms with van der Waals surface area (Å²) in [5, 5.41) is 8.70. The molecule has 0 saturated heterocycles. The SMILES string of the molecule is CC#CCN(CCO)CCOC. The number of rotatable bonds is 6. The Bertz CT molecular complexity index is 148. The number of aliphatic hydroxyl groups excluding tert-OH is 1. The van der Waals surface area contributed by atoms with Crippen molar-refractivity contribution in [3.05, 3.63) is 0 Å². The Kier molecular flexibility index (Phi) is 8.14. The molecule has 0 aromatic carbocycles. The van der Waals surface area contributed by atoms with Gasteiger partial charge >= 0.3 is 0 Å². The Morgan fingerprint density at radius 2 is 2.17 bits per heavy atom. The molecule has 0 aliphatic carbocycles. The van der Waals surface area contributed by atoms with Gasteiger partial charge in [-0.25, -0.2) is 0 Å². The molecule has 0 aliphatic rings. The first kappa shape index (κ1) is 11.4.